The Morgan fingerprint density at radius 1 is 1.47 bits per heavy atom. The molecule has 19 heavy (non-hydrogen) atoms. The molecule has 0 saturated carbocycles. The minimum Gasteiger partial charge on any atom is -0.381 e. The van der Waals surface area contributed by atoms with Crippen molar-refractivity contribution in [3.63, 3.8) is 0 Å². The molecule has 0 bridgehead atoms. The molecule has 1 unspecified atom stereocenters. The van der Waals surface area contributed by atoms with E-state index >= 15 is 0 Å². The molecule has 104 valence electrons. The van der Waals surface area contributed by atoms with E-state index in [1.165, 1.54) is 12.1 Å². The Kier molecular flexibility index (Phi) is 4.50. The van der Waals surface area contributed by atoms with Gasteiger partial charge in [-0.3, -0.25) is 10.1 Å². The maximum Gasteiger partial charge on any atom is 0.272 e. The molecular weight excluding hydrogens is 291 g/mol. The number of nitro benzene ring substituents is 1. The van der Waals surface area contributed by atoms with Gasteiger partial charge in [0, 0.05) is 38.2 Å². The van der Waals surface area contributed by atoms with Crippen molar-refractivity contribution in [2.45, 2.75) is 6.42 Å². The molecule has 1 heterocycles. The summed E-state index contributed by atoms with van der Waals surface area (Å²) in [7, 11) is 1.87. The van der Waals surface area contributed by atoms with Crippen LogP contribution in [0, 0.1) is 16.0 Å². The summed E-state index contributed by atoms with van der Waals surface area (Å²) in [4.78, 5) is 12.1. The van der Waals surface area contributed by atoms with Gasteiger partial charge in [0.15, 0.2) is 0 Å². The van der Waals surface area contributed by atoms with Gasteiger partial charge in [-0.2, -0.15) is 0 Å². The normalized spacial score (nSPS) is 18.6. The van der Waals surface area contributed by atoms with Crippen molar-refractivity contribution in [1.82, 2.24) is 0 Å². The number of anilines is 1. The number of rotatable bonds is 4. The van der Waals surface area contributed by atoms with Crippen molar-refractivity contribution in [2.75, 3.05) is 31.7 Å². The van der Waals surface area contributed by atoms with Crippen LogP contribution in [-0.4, -0.2) is 31.7 Å². The Hall–Kier alpha value is -1.04. The number of benzene rings is 1. The van der Waals surface area contributed by atoms with Crippen LogP contribution in [0.25, 0.3) is 0 Å². The summed E-state index contributed by atoms with van der Waals surface area (Å²) in [5.74, 6) is 0.437. The zero-order chi connectivity index (χ0) is 14.0. The van der Waals surface area contributed by atoms with Gasteiger partial charge < -0.3 is 9.64 Å². The Morgan fingerprint density at radius 3 is 2.58 bits per heavy atom. The second-order valence-corrected chi connectivity index (χ2v) is 5.44. The molecule has 0 aromatic heterocycles. The summed E-state index contributed by atoms with van der Waals surface area (Å²) in [5, 5.41) is 11.3. The Bertz CT molecular complexity index is 467. The van der Waals surface area contributed by atoms with Gasteiger partial charge in [-0.05, 0) is 6.42 Å². The molecule has 1 aromatic rings. The highest BCUT2D eigenvalue weighted by molar-refractivity contribution is 6.39. The Balaban J connectivity index is 2.21. The van der Waals surface area contributed by atoms with Gasteiger partial charge in [-0.25, -0.2) is 0 Å². The van der Waals surface area contributed by atoms with Gasteiger partial charge in [0.2, 0.25) is 0 Å². The number of ether oxygens (including phenoxy) is 1. The topological polar surface area (TPSA) is 55.6 Å². The van der Waals surface area contributed by atoms with Crippen LogP contribution in [0.5, 0.6) is 0 Å². The first-order valence-corrected chi connectivity index (χ1v) is 6.67. The van der Waals surface area contributed by atoms with Crippen LogP contribution in [0.2, 0.25) is 10.0 Å². The van der Waals surface area contributed by atoms with E-state index in [1.54, 1.807) is 0 Å². The highest BCUT2D eigenvalue weighted by atomic mass is 35.5. The minimum atomic E-state index is -0.508. The van der Waals surface area contributed by atoms with Crippen LogP contribution in [0.4, 0.5) is 11.4 Å². The molecule has 1 fully saturated rings. The maximum atomic E-state index is 10.7. The fourth-order valence-corrected chi connectivity index (χ4v) is 2.99. The highest BCUT2D eigenvalue weighted by Gasteiger charge is 2.22. The predicted octanol–water partition coefficient (Wildman–Crippen LogP) is 3.37. The third-order valence-corrected chi connectivity index (χ3v) is 3.73. The average molecular weight is 305 g/mol. The molecule has 1 saturated heterocycles. The van der Waals surface area contributed by atoms with Crippen molar-refractivity contribution >= 4 is 34.6 Å². The molecular formula is C12H14Cl2N2O3. The van der Waals surface area contributed by atoms with Crippen molar-refractivity contribution in [1.29, 1.82) is 0 Å². The van der Waals surface area contributed by atoms with Crippen molar-refractivity contribution in [2.24, 2.45) is 5.92 Å². The third kappa shape index (κ3) is 3.29. The van der Waals surface area contributed by atoms with Gasteiger partial charge in [0.25, 0.3) is 5.69 Å². The van der Waals surface area contributed by atoms with E-state index in [9.17, 15) is 10.1 Å². The first-order chi connectivity index (χ1) is 8.99. The number of non-ortho nitro benzene ring substituents is 1. The lowest BCUT2D eigenvalue weighted by atomic mass is 10.1. The maximum absolute atomic E-state index is 10.7. The number of nitrogens with zero attached hydrogens (tertiary/aromatic N) is 2. The number of halogens is 2. The minimum absolute atomic E-state index is 0.101. The second-order valence-electron chi connectivity index (χ2n) is 4.63. The van der Waals surface area contributed by atoms with E-state index in [2.05, 4.69) is 0 Å². The van der Waals surface area contributed by atoms with Crippen LogP contribution in [0.15, 0.2) is 12.1 Å². The van der Waals surface area contributed by atoms with Crippen LogP contribution < -0.4 is 4.90 Å². The molecule has 0 spiro atoms. The first kappa shape index (κ1) is 14.4. The first-order valence-electron chi connectivity index (χ1n) is 5.91. The molecule has 1 aliphatic heterocycles. The lowest BCUT2D eigenvalue weighted by Gasteiger charge is -2.24. The van der Waals surface area contributed by atoms with E-state index in [4.69, 9.17) is 27.9 Å². The summed E-state index contributed by atoms with van der Waals surface area (Å²) in [5.41, 5.74) is 0.525. The molecule has 7 heteroatoms. The smallest absolute Gasteiger partial charge is 0.272 e. The molecule has 0 N–H and O–H groups in total. The summed E-state index contributed by atoms with van der Waals surface area (Å²) in [6.45, 7) is 2.27. The zero-order valence-electron chi connectivity index (χ0n) is 10.4. The fourth-order valence-electron chi connectivity index (χ4n) is 2.23. The Labute approximate surface area is 121 Å². The molecule has 0 radical (unpaired) electrons. The SMILES string of the molecule is CN(CC1CCOC1)c1c(Cl)cc([N+](=O)[O-])cc1Cl. The van der Waals surface area contributed by atoms with E-state index < -0.39 is 4.92 Å². The largest absolute Gasteiger partial charge is 0.381 e. The van der Waals surface area contributed by atoms with Gasteiger partial charge in [0.05, 0.1) is 27.3 Å². The molecule has 5 nitrogen and oxygen atoms in total. The van der Waals surface area contributed by atoms with Crippen LogP contribution >= 0.6 is 23.2 Å². The van der Waals surface area contributed by atoms with Crippen molar-refractivity contribution in [3.8, 4) is 0 Å². The quantitative estimate of drug-likeness (QED) is 0.632. The lowest BCUT2D eigenvalue weighted by molar-refractivity contribution is -0.384. The predicted molar refractivity (Wildman–Crippen MR) is 75.3 cm³/mol. The third-order valence-electron chi connectivity index (χ3n) is 3.15. The lowest BCUT2D eigenvalue weighted by Crippen LogP contribution is -2.26. The van der Waals surface area contributed by atoms with Gasteiger partial charge >= 0.3 is 0 Å². The van der Waals surface area contributed by atoms with Crippen LogP contribution in [0.3, 0.4) is 0 Å². The monoisotopic (exact) mass is 304 g/mol. The second kappa shape index (κ2) is 5.94. The Morgan fingerprint density at radius 2 is 2.11 bits per heavy atom. The van der Waals surface area contributed by atoms with Crippen LogP contribution in [0.1, 0.15) is 6.42 Å². The zero-order valence-corrected chi connectivity index (χ0v) is 11.9. The van der Waals surface area contributed by atoms with E-state index in [0.717, 1.165) is 26.2 Å². The van der Waals surface area contributed by atoms with Crippen molar-refractivity contribution in [3.05, 3.63) is 32.3 Å². The fraction of sp³-hybridized carbons (Fsp3) is 0.500. The summed E-state index contributed by atoms with van der Waals surface area (Å²) in [6.07, 6.45) is 1.01. The number of nitro groups is 1. The van der Waals surface area contributed by atoms with Gasteiger partial charge in [-0.1, -0.05) is 23.2 Å². The standard InChI is InChI=1S/C12H14Cl2N2O3/c1-15(6-8-2-3-19-7-8)12-10(13)4-9(16(17)18)5-11(12)14/h4-5,8H,2-3,6-7H2,1H3. The summed E-state index contributed by atoms with van der Waals surface area (Å²) >= 11 is 12.2. The molecule has 1 aliphatic rings. The summed E-state index contributed by atoms with van der Waals surface area (Å²) < 4.78 is 5.32. The number of hydrogen-bond donors (Lipinski definition) is 0. The van der Waals surface area contributed by atoms with E-state index in [0.29, 0.717) is 21.7 Å². The average Bonchev–Trinajstić information content (AvgIpc) is 2.80. The van der Waals surface area contributed by atoms with Gasteiger partial charge in [-0.15, -0.1) is 0 Å². The summed E-state index contributed by atoms with van der Waals surface area (Å²) in [6, 6.07) is 2.65. The van der Waals surface area contributed by atoms with Crippen molar-refractivity contribution < 1.29 is 9.66 Å². The van der Waals surface area contributed by atoms with Gasteiger partial charge in [0.1, 0.15) is 0 Å². The van der Waals surface area contributed by atoms with Crippen LogP contribution in [-0.2, 0) is 4.74 Å². The number of hydrogen-bond acceptors (Lipinski definition) is 4. The highest BCUT2D eigenvalue weighted by Crippen LogP contribution is 2.37. The molecule has 2 rings (SSSR count). The molecule has 1 aromatic carbocycles. The molecule has 1 atom stereocenters. The van der Waals surface area contributed by atoms with E-state index in [1.807, 2.05) is 11.9 Å². The molecule has 0 aliphatic carbocycles. The molecule has 0 amide bonds. The van der Waals surface area contributed by atoms with E-state index in [-0.39, 0.29) is 5.69 Å².